The molecule has 0 amide bonds. The number of aromatic nitrogens is 1. The molecule has 0 spiro atoms. The molecular weight excluding hydrogens is 210 g/mol. The molecule has 0 atom stereocenters. The van der Waals surface area contributed by atoms with Crippen molar-refractivity contribution in [3.05, 3.63) is 12.1 Å². The Morgan fingerprint density at radius 2 is 2.06 bits per heavy atom. The highest BCUT2D eigenvalue weighted by atomic mass is 16.5. The fourth-order valence-electron chi connectivity index (χ4n) is 1.08. The van der Waals surface area contributed by atoms with Crippen molar-refractivity contribution in [1.82, 2.24) is 4.98 Å². The standard InChI is InChI=1S/C10H17N3O3/c1-10(5-14,6-15)13-9-7(11)3-4-8(12-9)16-2/h3-4,14-15H,5-6,11H2,1-2H3,(H,12,13). The molecule has 0 unspecified atom stereocenters. The molecule has 1 aromatic heterocycles. The van der Waals surface area contributed by atoms with Gasteiger partial charge in [0.25, 0.3) is 0 Å². The highest BCUT2D eigenvalue weighted by Crippen LogP contribution is 2.22. The summed E-state index contributed by atoms with van der Waals surface area (Å²) in [4.78, 5) is 4.09. The van der Waals surface area contributed by atoms with Gasteiger partial charge in [0.15, 0.2) is 5.82 Å². The van der Waals surface area contributed by atoms with Gasteiger partial charge in [0.05, 0.1) is 31.5 Å². The van der Waals surface area contributed by atoms with Crippen LogP contribution in [0.4, 0.5) is 11.5 Å². The molecule has 16 heavy (non-hydrogen) atoms. The Morgan fingerprint density at radius 1 is 1.44 bits per heavy atom. The van der Waals surface area contributed by atoms with Crippen LogP contribution in [0.25, 0.3) is 0 Å². The van der Waals surface area contributed by atoms with E-state index in [4.69, 9.17) is 20.7 Å². The number of hydrogen-bond acceptors (Lipinski definition) is 6. The SMILES string of the molecule is COc1ccc(N)c(NC(C)(CO)CO)n1. The van der Waals surface area contributed by atoms with Gasteiger partial charge in [-0.3, -0.25) is 0 Å². The van der Waals surface area contributed by atoms with Crippen LogP contribution in [-0.2, 0) is 0 Å². The average molecular weight is 227 g/mol. The lowest BCUT2D eigenvalue weighted by Gasteiger charge is -2.27. The van der Waals surface area contributed by atoms with Crippen LogP contribution in [-0.4, -0.2) is 41.1 Å². The summed E-state index contributed by atoms with van der Waals surface area (Å²) < 4.78 is 4.96. The second kappa shape index (κ2) is 5.00. The first kappa shape index (κ1) is 12.5. The topological polar surface area (TPSA) is 101 Å². The van der Waals surface area contributed by atoms with Gasteiger partial charge in [-0.1, -0.05) is 0 Å². The Labute approximate surface area is 94.1 Å². The first-order chi connectivity index (χ1) is 7.54. The first-order valence-electron chi connectivity index (χ1n) is 4.85. The molecule has 0 fully saturated rings. The zero-order valence-corrected chi connectivity index (χ0v) is 9.40. The summed E-state index contributed by atoms with van der Waals surface area (Å²) in [5, 5.41) is 21.2. The molecule has 0 aliphatic carbocycles. The summed E-state index contributed by atoms with van der Waals surface area (Å²) in [5.74, 6) is 0.792. The molecule has 0 aromatic carbocycles. The summed E-state index contributed by atoms with van der Waals surface area (Å²) in [6.45, 7) is 1.19. The molecule has 1 heterocycles. The quantitative estimate of drug-likeness (QED) is 0.557. The summed E-state index contributed by atoms with van der Waals surface area (Å²) in [6.07, 6.45) is 0. The van der Waals surface area contributed by atoms with Crippen LogP contribution < -0.4 is 15.8 Å². The average Bonchev–Trinajstić information content (AvgIpc) is 2.32. The van der Waals surface area contributed by atoms with E-state index < -0.39 is 5.54 Å². The molecule has 0 aliphatic heterocycles. The number of nitrogens with two attached hydrogens (primary N) is 1. The molecule has 0 saturated carbocycles. The van der Waals surface area contributed by atoms with E-state index in [9.17, 15) is 0 Å². The maximum Gasteiger partial charge on any atom is 0.215 e. The monoisotopic (exact) mass is 227 g/mol. The van der Waals surface area contributed by atoms with Crippen LogP contribution in [0.3, 0.4) is 0 Å². The van der Waals surface area contributed by atoms with Gasteiger partial charge in [-0.15, -0.1) is 0 Å². The second-order valence-corrected chi connectivity index (χ2v) is 3.79. The minimum atomic E-state index is -0.868. The Morgan fingerprint density at radius 3 is 2.56 bits per heavy atom. The zero-order valence-electron chi connectivity index (χ0n) is 9.40. The summed E-state index contributed by atoms with van der Waals surface area (Å²) in [7, 11) is 1.50. The van der Waals surface area contributed by atoms with Gasteiger partial charge in [-0.05, 0) is 13.0 Å². The van der Waals surface area contributed by atoms with Crippen LogP contribution in [0.5, 0.6) is 5.88 Å². The number of aliphatic hydroxyl groups excluding tert-OH is 2. The predicted octanol–water partition coefficient (Wildman–Crippen LogP) is -0.172. The van der Waals surface area contributed by atoms with Gasteiger partial charge in [0.2, 0.25) is 5.88 Å². The Bertz CT molecular complexity index is 353. The van der Waals surface area contributed by atoms with Crippen molar-refractivity contribution in [3.8, 4) is 5.88 Å². The Kier molecular flexibility index (Phi) is 3.92. The minimum absolute atomic E-state index is 0.234. The molecule has 90 valence electrons. The van der Waals surface area contributed by atoms with Crippen LogP contribution in [0, 0.1) is 0 Å². The smallest absolute Gasteiger partial charge is 0.215 e. The van der Waals surface area contributed by atoms with E-state index in [0.29, 0.717) is 17.4 Å². The van der Waals surface area contributed by atoms with Crippen molar-refractivity contribution < 1.29 is 14.9 Å². The lowest BCUT2D eigenvalue weighted by molar-refractivity contribution is 0.147. The molecule has 0 aliphatic rings. The number of nitrogens with one attached hydrogen (secondary N) is 1. The third-order valence-corrected chi connectivity index (χ3v) is 2.23. The molecule has 6 heteroatoms. The number of hydrogen-bond donors (Lipinski definition) is 4. The fourth-order valence-corrected chi connectivity index (χ4v) is 1.08. The van der Waals surface area contributed by atoms with Crippen molar-refractivity contribution >= 4 is 11.5 Å². The predicted molar refractivity (Wildman–Crippen MR) is 61.4 cm³/mol. The number of nitrogens with zero attached hydrogens (tertiary/aromatic N) is 1. The van der Waals surface area contributed by atoms with Crippen LogP contribution in [0.1, 0.15) is 6.92 Å². The number of nitrogen functional groups attached to an aromatic ring is 1. The third kappa shape index (κ3) is 2.74. The van der Waals surface area contributed by atoms with Gasteiger partial charge in [-0.25, -0.2) is 0 Å². The number of ether oxygens (including phenoxy) is 1. The van der Waals surface area contributed by atoms with Crippen LogP contribution >= 0.6 is 0 Å². The maximum absolute atomic E-state index is 9.14. The van der Waals surface area contributed by atoms with Gasteiger partial charge >= 0.3 is 0 Å². The molecule has 0 bridgehead atoms. The molecular formula is C10H17N3O3. The lowest BCUT2D eigenvalue weighted by atomic mass is 10.1. The number of methoxy groups -OCH3 is 1. The number of rotatable bonds is 5. The van der Waals surface area contributed by atoms with Gasteiger partial charge in [0, 0.05) is 6.07 Å². The normalized spacial score (nSPS) is 11.2. The van der Waals surface area contributed by atoms with E-state index in [1.165, 1.54) is 7.11 Å². The highest BCUT2D eigenvalue weighted by Gasteiger charge is 2.23. The van der Waals surface area contributed by atoms with Crippen LogP contribution in [0.2, 0.25) is 0 Å². The van der Waals surface area contributed by atoms with E-state index in [0.717, 1.165) is 0 Å². The molecule has 5 N–H and O–H groups in total. The Hall–Kier alpha value is -1.53. The van der Waals surface area contributed by atoms with E-state index >= 15 is 0 Å². The molecule has 0 saturated heterocycles. The summed E-state index contributed by atoms with van der Waals surface area (Å²) in [6, 6.07) is 3.28. The second-order valence-electron chi connectivity index (χ2n) is 3.79. The number of aliphatic hydroxyl groups is 2. The van der Waals surface area contributed by atoms with Crippen molar-refractivity contribution in [3.63, 3.8) is 0 Å². The van der Waals surface area contributed by atoms with Gasteiger partial charge in [0.1, 0.15) is 0 Å². The number of anilines is 2. The van der Waals surface area contributed by atoms with Gasteiger partial charge in [-0.2, -0.15) is 4.98 Å². The van der Waals surface area contributed by atoms with E-state index in [-0.39, 0.29) is 13.2 Å². The first-order valence-corrected chi connectivity index (χ1v) is 4.85. The van der Waals surface area contributed by atoms with Crippen molar-refractivity contribution in [2.45, 2.75) is 12.5 Å². The zero-order chi connectivity index (χ0) is 12.2. The van der Waals surface area contributed by atoms with Crippen molar-refractivity contribution in [1.29, 1.82) is 0 Å². The third-order valence-electron chi connectivity index (χ3n) is 2.23. The maximum atomic E-state index is 9.14. The molecule has 1 aromatic rings. The highest BCUT2D eigenvalue weighted by molar-refractivity contribution is 5.63. The van der Waals surface area contributed by atoms with Crippen molar-refractivity contribution in [2.24, 2.45) is 0 Å². The van der Waals surface area contributed by atoms with E-state index in [2.05, 4.69) is 10.3 Å². The Balaban J connectivity index is 2.95. The lowest BCUT2D eigenvalue weighted by Crippen LogP contribution is -2.43. The van der Waals surface area contributed by atoms with E-state index in [1.807, 2.05) is 0 Å². The molecule has 1 rings (SSSR count). The van der Waals surface area contributed by atoms with Crippen molar-refractivity contribution in [2.75, 3.05) is 31.4 Å². The van der Waals surface area contributed by atoms with Gasteiger partial charge < -0.3 is 26.0 Å². The molecule has 0 radical (unpaired) electrons. The van der Waals surface area contributed by atoms with E-state index in [1.54, 1.807) is 19.1 Å². The number of pyridine rings is 1. The van der Waals surface area contributed by atoms with Crippen LogP contribution in [0.15, 0.2) is 12.1 Å². The minimum Gasteiger partial charge on any atom is -0.481 e. The molecule has 6 nitrogen and oxygen atoms in total. The fraction of sp³-hybridized carbons (Fsp3) is 0.500. The summed E-state index contributed by atoms with van der Waals surface area (Å²) >= 11 is 0. The largest absolute Gasteiger partial charge is 0.481 e. The summed E-state index contributed by atoms with van der Waals surface area (Å²) in [5.41, 5.74) is 5.27.